The summed E-state index contributed by atoms with van der Waals surface area (Å²) in [5.41, 5.74) is -11.6. The summed E-state index contributed by atoms with van der Waals surface area (Å²) in [7, 11) is 0. The molecule has 0 bridgehead atoms. The molecular formula is C16H25ClN2O10. The number of nitrogens with one attached hydrogen (secondary N) is 2. The predicted molar refractivity (Wildman–Crippen MR) is 95.7 cm³/mol. The number of ketones is 3. The molecule has 1 aliphatic heterocycles. The molecule has 0 spiro atoms. The van der Waals surface area contributed by atoms with Gasteiger partial charge in [0.15, 0.2) is 23.0 Å². The van der Waals surface area contributed by atoms with Crippen molar-refractivity contribution >= 4 is 35.0 Å². The second-order valence-corrected chi connectivity index (χ2v) is 6.91. The van der Waals surface area contributed by atoms with Crippen LogP contribution < -0.4 is 10.6 Å². The van der Waals surface area contributed by atoms with Crippen LogP contribution in [0.5, 0.6) is 0 Å². The number of rotatable bonds is 7. The minimum Gasteiger partial charge on any atom is -0.382 e. The Morgan fingerprint density at radius 2 is 1.72 bits per heavy atom. The van der Waals surface area contributed by atoms with Gasteiger partial charge in [-0.05, 0) is 27.6 Å². The topological polar surface area (TPSA) is 203 Å². The van der Waals surface area contributed by atoms with Gasteiger partial charge in [0.1, 0.15) is 12.2 Å². The highest BCUT2D eigenvalue weighted by Crippen LogP contribution is 2.49. The molecule has 1 aliphatic rings. The fourth-order valence-corrected chi connectivity index (χ4v) is 3.14. The van der Waals surface area contributed by atoms with E-state index in [1.165, 1.54) is 0 Å². The molecule has 29 heavy (non-hydrogen) atoms. The van der Waals surface area contributed by atoms with Gasteiger partial charge in [-0.2, -0.15) is 0 Å². The maximum Gasteiger partial charge on any atom is 0.317 e. The fourth-order valence-electron chi connectivity index (χ4n) is 3.05. The molecule has 0 radical (unpaired) electrons. The smallest absolute Gasteiger partial charge is 0.317 e. The van der Waals surface area contributed by atoms with E-state index in [-0.39, 0.29) is 12.4 Å². The summed E-state index contributed by atoms with van der Waals surface area (Å²) >= 11 is 5.42. The zero-order valence-corrected chi connectivity index (χ0v) is 16.1. The minimum absolute atomic E-state index is 0.126. The molecule has 166 valence electrons. The Hall–Kier alpha value is -1.67. The van der Waals surface area contributed by atoms with E-state index < -0.39 is 79.0 Å². The second-order valence-electron chi connectivity index (χ2n) is 6.54. The fraction of sp³-hybridized carbons (Fsp3) is 0.750. The number of amides is 2. The third kappa shape index (κ3) is 3.65. The number of carbonyl (C=O) groups excluding carboxylic acids is 4. The minimum atomic E-state index is -4.02. The van der Waals surface area contributed by atoms with Crippen molar-refractivity contribution < 1.29 is 53.6 Å². The molecule has 0 aromatic carbocycles. The summed E-state index contributed by atoms with van der Waals surface area (Å²) in [6.45, 7) is -3.62. The number of carbonyl (C=O) groups is 4. The molecule has 2 amide bonds. The zero-order valence-electron chi connectivity index (χ0n) is 18.3. The first-order valence-electron chi connectivity index (χ1n) is 10.1. The number of aliphatic hydroxyl groups excluding tert-OH is 1. The van der Waals surface area contributed by atoms with Gasteiger partial charge in [-0.15, -0.1) is 11.6 Å². The Kier molecular flexibility index (Phi) is 5.84. The van der Waals surface area contributed by atoms with Crippen LogP contribution in [0.1, 0.15) is 31.7 Å². The van der Waals surface area contributed by atoms with Gasteiger partial charge in [0.25, 0.3) is 0 Å². The molecule has 13 heteroatoms. The molecule has 0 aliphatic carbocycles. The molecule has 0 saturated carbocycles. The number of urea groups is 1. The number of aliphatic hydroxyl groups is 5. The number of hydrogen-bond acceptors (Lipinski definition) is 10. The van der Waals surface area contributed by atoms with Gasteiger partial charge in [-0.1, -0.05) is 0 Å². The number of ether oxygens (including phenoxy) is 1. The van der Waals surface area contributed by atoms with Gasteiger partial charge in [-0.25, -0.2) is 4.79 Å². The third-order valence-corrected chi connectivity index (χ3v) is 4.82. The van der Waals surface area contributed by atoms with E-state index in [0.29, 0.717) is 6.92 Å². The Labute approximate surface area is 175 Å². The van der Waals surface area contributed by atoms with E-state index in [4.69, 9.17) is 20.5 Å². The molecule has 12 nitrogen and oxygen atoms in total. The van der Waals surface area contributed by atoms with Crippen LogP contribution >= 0.6 is 11.6 Å². The maximum atomic E-state index is 12.7. The zero-order chi connectivity index (χ0) is 25.1. The van der Waals surface area contributed by atoms with Crippen LogP contribution in [0.4, 0.5) is 4.79 Å². The van der Waals surface area contributed by atoms with E-state index in [9.17, 15) is 44.7 Å². The van der Waals surface area contributed by atoms with Crippen molar-refractivity contribution in [2.24, 2.45) is 0 Å². The summed E-state index contributed by atoms with van der Waals surface area (Å²) in [6, 6.07) is -1.38. The highest BCUT2D eigenvalue weighted by Gasteiger charge is 2.81. The molecule has 0 aromatic rings. The van der Waals surface area contributed by atoms with E-state index >= 15 is 0 Å². The molecule has 2 unspecified atom stereocenters. The average molecular weight is 444 g/mol. The quantitative estimate of drug-likeness (QED) is 0.156. The van der Waals surface area contributed by atoms with Gasteiger partial charge >= 0.3 is 6.03 Å². The molecule has 1 heterocycles. The second kappa shape index (κ2) is 8.22. The monoisotopic (exact) mass is 443 g/mol. The Morgan fingerprint density at radius 3 is 2.21 bits per heavy atom. The summed E-state index contributed by atoms with van der Waals surface area (Å²) in [5, 5.41) is 58.4. The van der Waals surface area contributed by atoms with Gasteiger partial charge in [0.05, 0.1) is 0 Å². The normalized spacial score (nSPS) is 39.4. The van der Waals surface area contributed by atoms with Gasteiger partial charge in [-0.3, -0.25) is 14.4 Å². The highest BCUT2D eigenvalue weighted by molar-refractivity contribution is 6.18. The number of halogens is 1. The van der Waals surface area contributed by atoms with Gasteiger partial charge < -0.3 is 40.9 Å². The first-order valence-corrected chi connectivity index (χ1v) is 8.54. The number of hydrogen-bond donors (Lipinski definition) is 7. The number of Topliss-reactive ketones (excluding diaryl/α,β-unsaturated/α-hetero) is 3. The Bertz CT molecular complexity index is 774. The SMILES string of the molecule is [2H]CC(=O)C(O)[C@H]1OC(C)(O)[C@@](O)(NC(=O)NCCCl)[C@](O)(C(=O)C[2H])[C@@]1(O)C(=O)C[2H]. The Balaban J connectivity index is 3.91. The number of alkyl halides is 1. The van der Waals surface area contributed by atoms with Crippen molar-refractivity contribution in [2.75, 3.05) is 12.4 Å². The van der Waals surface area contributed by atoms with Gasteiger partial charge in [0, 0.05) is 16.5 Å². The average Bonchev–Trinajstić information content (AvgIpc) is 2.76. The van der Waals surface area contributed by atoms with Crippen molar-refractivity contribution in [1.29, 1.82) is 0 Å². The van der Waals surface area contributed by atoms with Crippen LogP contribution in [0.3, 0.4) is 0 Å². The molecule has 1 fully saturated rings. The lowest BCUT2D eigenvalue weighted by Gasteiger charge is -2.61. The van der Waals surface area contributed by atoms with Crippen LogP contribution in [0, 0.1) is 0 Å². The van der Waals surface area contributed by atoms with E-state index in [0.717, 1.165) is 0 Å². The van der Waals surface area contributed by atoms with Crippen molar-refractivity contribution in [3.05, 3.63) is 0 Å². The van der Waals surface area contributed by atoms with Crippen molar-refractivity contribution in [3.8, 4) is 0 Å². The molecule has 7 N–H and O–H groups in total. The lowest BCUT2D eigenvalue weighted by atomic mass is 9.62. The standard InChI is InChI=1S/C16H25ClN2O10/c1-7(20)10(23)11-14(26,8(2)21)15(27,9(3)22)16(28,13(4,25)29-11)19-12(24)18-6-5-17/h10-11,23,25-28H,5-6H2,1-4H3,(H2,18,19,24)/t10?,11-,13?,14-,15+,16+/m1/s1/i1D,2D,3D. The van der Waals surface area contributed by atoms with E-state index in [1.54, 1.807) is 5.32 Å². The molecule has 0 aromatic heterocycles. The lowest BCUT2D eigenvalue weighted by Crippen LogP contribution is -2.92. The van der Waals surface area contributed by atoms with E-state index in [2.05, 4.69) is 5.32 Å². The van der Waals surface area contributed by atoms with Crippen LogP contribution in [-0.4, -0.2) is 96.3 Å². The third-order valence-electron chi connectivity index (χ3n) is 4.63. The maximum absolute atomic E-state index is 12.7. The molecule has 1 saturated heterocycles. The summed E-state index contributed by atoms with van der Waals surface area (Å²) in [5.74, 6) is -8.44. The molecular weight excluding hydrogens is 416 g/mol. The van der Waals surface area contributed by atoms with Crippen LogP contribution in [-0.2, 0) is 19.1 Å². The van der Waals surface area contributed by atoms with E-state index in [1.807, 2.05) is 0 Å². The van der Waals surface area contributed by atoms with Gasteiger partial charge in [0.2, 0.25) is 17.1 Å². The summed E-state index contributed by atoms with van der Waals surface area (Å²) < 4.78 is 26.7. The first-order chi connectivity index (χ1) is 14.7. The van der Waals surface area contributed by atoms with Crippen LogP contribution in [0.15, 0.2) is 0 Å². The molecule has 1 rings (SSSR count). The van der Waals surface area contributed by atoms with Crippen molar-refractivity contribution in [3.63, 3.8) is 0 Å². The summed E-state index contributed by atoms with van der Waals surface area (Å²) in [6.07, 6.45) is -5.30. The largest absolute Gasteiger partial charge is 0.382 e. The van der Waals surface area contributed by atoms with Crippen LogP contribution in [0.25, 0.3) is 0 Å². The van der Waals surface area contributed by atoms with Crippen molar-refractivity contribution in [2.45, 2.75) is 62.5 Å². The summed E-state index contributed by atoms with van der Waals surface area (Å²) in [4.78, 5) is 49.4. The van der Waals surface area contributed by atoms with Crippen molar-refractivity contribution in [1.82, 2.24) is 10.6 Å². The lowest BCUT2D eigenvalue weighted by molar-refractivity contribution is -0.423. The Morgan fingerprint density at radius 1 is 1.14 bits per heavy atom. The predicted octanol–water partition coefficient (Wildman–Crippen LogP) is -3.09. The highest BCUT2D eigenvalue weighted by atomic mass is 35.5. The first kappa shape index (κ1) is 20.6. The van der Waals surface area contributed by atoms with Crippen LogP contribution in [0.2, 0.25) is 0 Å². The molecule has 6 atom stereocenters.